The topological polar surface area (TPSA) is 69.9 Å². The Hall–Kier alpha value is -2.74. The summed E-state index contributed by atoms with van der Waals surface area (Å²) in [5.41, 5.74) is 2.04. The quantitative estimate of drug-likeness (QED) is 0.455. The maximum absolute atomic E-state index is 14.5. The second-order valence-electron chi connectivity index (χ2n) is 11.8. The van der Waals surface area contributed by atoms with Crippen molar-refractivity contribution in [1.82, 2.24) is 15.0 Å². The van der Waals surface area contributed by atoms with E-state index in [1.165, 1.54) is 12.1 Å². The monoisotopic (exact) mass is 528 g/mol. The van der Waals surface area contributed by atoms with Gasteiger partial charge < -0.3 is 19.2 Å². The molecule has 1 aliphatic rings. The van der Waals surface area contributed by atoms with Gasteiger partial charge in [0.05, 0.1) is 5.69 Å². The van der Waals surface area contributed by atoms with Gasteiger partial charge in [-0.15, -0.1) is 0 Å². The number of carbonyl (C=O) groups excluding carboxylic acids is 2. The summed E-state index contributed by atoms with van der Waals surface area (Å²) < 4.78 is 20.0. The molecule has 3 rings (SSSR count). The summed E-state index contributed by atoms with van der Waals surface area (Å²) in [6, 6.07) is 6.24. The van der Waals surface area contributed by atoms with E-state index in [0.29, 0.717) is 42.6 Å². The molecule has 0 saturated carbocycles. The minimum absolute atomic E-state index is 0.0202. The summed E-state index contributed by atoms with van der Waals surface area (Å²) in [6.45, 7) is 16.5. The second-order valence-corrected chi connectivity index (χ2v) is 11.8. The molecule has 0 radical (unpaired) electrons. The van der Waals surface area contributed by atoms with Crippen molar-refractivity contribution >= 4 is 17.5 Å². The van der Waals surface area contributed by atoms with Gasteiger partial charge in [-0.2, -0.15) is 0 Å². The van der Waals surface area contributed by atoms with E-state index in [-0.39, 0.29) is 35.9 Å². The van der Waals surface area contributed by atoms with Gasteiger partial charge in [0.1, 0.15) is 5.82 Å². The lowest BCUT2D eigenvalue weighted by Crippen LogP contribution is -2.40. The van der Waals surface area contributed by atoms with Crippen molar-refractivity contribution in [3.8, 4) is 0 Å². The van der Waals surface area contributed by atoms with Crippen LogP contribution in [-0.4, -0.2) is 59.5 Å². The third kappa shape index (κ3) is 8.65. The predicted octanol–water partition coefficient (Wildman–Crippen LogP) is 5.79. The normalized spacial score (nSPS) is 16.1. The van der Waals surface area contributed by atoms with Gasteiger partial charge in [-0.1, -0.05) is 46.7 Å². The van der Waals surface area contributed by atoms with Crippen LogP contribution in [0.15, 0.2) is 28.8 Å². The number of anilines is 1. The van der Waals surface area contributed by atoms with Gasteiger partial charge in [0, 0.05) is 44.4 Å². The number of hydrogen-bond donors (Lipinski definition) is 0. The van der Waals surface area contributed by atoms with E-state index in [9.17, 15) is 14.0 Å². The van der Waals surface area contributed by atoms with Crippen molar-refractivity contribution in [2.24, 2.45) is 17.8 Å². The van der Waals surface area contributed by atoms with Crippen LogP contribution < -0.4 is 4.90 Å². The van der Waals surface area contributed by atoms with Gasteiger partial charge in [-0.3, -0.25) is 9.59 Å². The molecule has 0 N–H and O–H groups in total. The van der Waals surface area contributed by atoms with Crippen molar-refractivity contribution in [1.29, 1.82) is 0 Å². The lowest BCUT2D eigenvalue weighted by molar-refractivity contribution is -0.119. The molecule has 2 aromatic rings. The maximum atomic E-state index is 14.5. The summed E-state index contributed by atoms with van der Waals surface area (Å²) >= 11 is 0. The molecule has 0 bridgehead atoms. The highest BCUT2D eigenvalue weighted by molar-refractivity contribution is 5.95. The smallest absolute Gasteiger partial charge is 0.292 e. The third-order valence-corrected chi connectivity index (χ3v) is 6.63. The Labute approximate surface area is 227 Å². The molecule has 38 heavy (non-hydrogen) atoms. The van der Waals surface area contributed by atoms with E-state index >= 15 is 0 Å². The fourth-order valence-electron chi connectivity index (χ4n) is 5.07. The first-order chi connectivity index (χ1) is 18.0. The first kappa shape index (κ1) is 29.8. The summed E-state index contributed by atoms with van der Waals surface area (Å²) in [4.78, 5) is 32.9. The van der Waals surface area contributed by atoms with Crippen LogP contribution in [0.2, 0.25) is 0 Å². The lowest BCUT2D eigenvalue weighted by Gasteiger charge is -2.32. The van der Waals surface area contributed by atoms with Gasteiger partial charge in [0.15, 0.2) is 0 Å². The molecule has 0 fully saturated rings. The molecule has 0 saturated heterocycles. The SMILES string of the molecule is CC(C)CC(=O)N1CCCN(CC(C)C)CCCN(C(=O)c2cc(CC(C)C)no2)Cc2cc(F)ccc21. The van der Waals surface area contributed by atoms with Crippen molar-refractivity contribution in [2.45, 2.75) is 73.8 Å². The lowest BCUT2D eigenvalue weighted by atomic mass is 10.1. The molecule has 1 aromatic carbocycles. The molecular formula is C30H45FN4O3. The Morgan fingerprint density at radius 2 is 1.66 bits per heavy atom. The number of hydrogen-bond acceptors (Lipinski definition) is 5. The van der Waals surface area contributed by atoms with Crippen molar-refractivity contribution in [3.05, 3.63) is 47.1 Å². The van der Waals surface area contributed by atoms with Gasteiger partial charge in [0.2, 0.25) is 11.7 Å². The molecule has 1 aromatic heterocycles. The van der Waals surface area contributed by atoms with Crippen molar-refractivity contribution in [2.75, 3.05) is 37.6 Å². The fraction of sp³-hybridized carbons (Fsp3) is 0.633. The Bertz CT molecular complexity index is 1070. The van der Waals surface area contributed by atoms with E-state index in [1.54, 1.807) is 21.9 Å². The van der Waals surface area contributed by atoms with Crippen molar-refractivity contribution in [3.63, 3.8) is 0 Å². The fourth-order valence-corrected chi connectivity index (χ4v) is 5.07. The molecule has 0 spiro atoms. The van der Waals surface area contributed by atoms with Crippen LogP contribution in [0.5, 0.6) is 0 Å². The predicted molar refractivity (Wildman–Crippen MR) is 149 cm³/mol. The van der Waals surface area contributed by atoms with Crippen LogP contribution in [0, 0.1) is 23.6 Å². The largest absolute Gasteiger partial charge is 0.351 e. The Kier molecular flexibility index (Phi) is 10.9. The molecule has 8 heteroatoms. The standard InChI is InChI=1S/C30H45FN4O3/c1-21(2)15-26-18-28(38-32-26)30(37)34-13-7-11-33(19-23(5)6)12-8-14-35(29(36)16-22(3)4)27-10-9-25(31)17-24(27)20-34/h9-10,17-18,21-23H,7-8,11-16,19-20H2,1-6H3. The molecule has 2 heterocycles. The zero-order valence-corrected chi connectivity index (χ0v) is 24.0. The van der Waals surface area contributed by atoms with E-state index in [4.69, 9.17) is 4.52 Å². The number of halogens is 1. The van der Waals surface area contributed by atoms with Crippen molar-refractivity contribution < 1.29 is 18.5 Å². The molecule has 1 aliphatic heterocycles. The average molecular weight is 529 g/mol. The van der Waals surface area contributed by atoms with E-state index in [1.807, 2.05) is 13.8 Å². The minimum atomic E-state index is -0.388. The van der Waals surface area contributed by atoms with Crippen LogP contribution in [0.25, 0.3) is 0 Å². The van der Waals surface area contributed by atoms with Gasteiger partial charge in [-0.25, -0.2) is 4.39 Å². The number of carbonyl (C=O) groups is 2. The van der Waals surface area contributed by atoms with Gasteiger partial charge in [0.25, 0.3) is 5.91 Å². The Morgan fingerprint density at radius 1 is 0.947 bits per heavy atom. The number of aromatic nitrogens is 1. The van der Waals surface area contributed by atoms with E-state index < -0.39 is 0 Å². The maximum Gasteiger partial charge on any atom is 0.292 e. The number of fused-ring (bicyclic) bond motifs is 1. The molecule has 7 nitrogen and oxygen atoms in total. The minimum Gasteiger partial charge on any atom is -0.351 e. The highest BCUT2D eigenvalue weighted by atomic mass is 19.1. The first-order valence-corrected chi connectivity index (χ1v) is 14.1. The molecule has 0 unspecified atom stereocenters. The van der Waals surface area contributed by atoms with Crippen LogP contribution >= 0.6 is 0 Å². The van der Waals surface area contributed by atoms with Crippen LogP contribution in [-0.2, 0) is 17.8 Å². The average Bonchev–Trinajstić information content (AvgIpc) is 3.27. The highest BCUT2D eigenvalue weighted by Crippen LogP contribution is 2.27. The van der Waals surface area contributed by atoms with Gasteiger partial charge in [-0.05, 0) is 73.9 Å². The number of rotatable bonds is 7. The number of benzene rings is 1. The number of amides is 2. The highest BCUT2D eigenvalue weighted by Gasteiger charge is 2.26. The van der Waals surface area contributed by atoms with Crippen LogP contribution in [0.1, 0.15) is 82.6 Å². The first-order valence-electron chi connectivity index (χ1n) is 14.1. The zero-order chi connectivity index (χ0) is 27.8. The summed E-state index contributed by atoms with van der Waals surface area (Å²) in [6.07, 6.45) is 2.74. The molecule has 0 atom stereocenters. The molecule has 2 amide bonds. The third-order valence-electron chi connectivity index (χ3n) is 6.63. The second kappa shape index (κ2) is 13.9. The molecular weight excluding hydrogens is 483 g/mol. The Morgan fingerprint density at radius 3 is 2.32 bits per heavy atom. The van der Waals surface area contributed by atoms with Crippen LogP contribution in [0.3, 0.4) is 0 Å². The number of nitrogens with zero attached hydrogens (tertiary/aromatic N) is 4. The van der Waals surface area contributed by atoms with E-state index in [0.717, 1.165) is 44.6 Å². The molecule has 0 aliphatic carbocycles. The van der Waals surface area contributed by atoms with E-state index in [2.05, 4.69) is 37.8 Å². The zero-order valence-electron chi connectivity index (χ0n) is 24.0. The van der Waals surface area contributed by atoms with Gasteiger partial charge >= 0.3 is 0 Å². The molecule has 210 valence electrons. The summed E-state index contributed by atoms with van der Waals surface area (Å²) in [7, 11) is 0. The summed E-state index contributed by atoms with van der Waals surface area (Å²) in [5, 5.41) is 4.10. The summed E-state index contributed by atoms with van der Waals surface area (Å²) in [5.74, 6) is 0.660. The Balaban J connectivity index is 1.98. The van der Waals surface area contributed by atoms with Crippen LogP contribution in [0.4, 0.5) is 10.1 Å².